The fraction of sp³-hybridized carbons (Fsp3) is 0.294. The van der Waals surface area contributed by atoms with Crippen LogP contribution in [-0.4, -0.2) is 43.0 Å². The molecule has 0 saturated heterocycles. The van der Waals surface area contributed by atoms with Crippen LogP contribution in [0.2, 0.25) is 0 Å². The third-order valence-electron chi connectivity index (χ3n) is 3.23. The Hall–Kier alpha value is -1.92. The normalized spacial score (nSPS) is 10.6. The Labute approximate surface area is 145 Å². The molecule has 5 nitrogen and oxygen atoms in total. The molecule has 0 aliphatic carbocycles. The lowest BCUT2D eigenvalue weighted by Crippen LogP contribution is -2.20. The molecule has 122 valence electrons. The Morgan fingerprint density at radius 3 is 2.65 bits per heavy atom. The van der Waals surface area contributed by atoms with Crippen molar-refractivity contribution in [1.82, 2.24) is 9.88 Å². The van der Waals surface area contributed by atoms with E-state index in [1.54, 1.807) is 12.3 Å². The van der Waals surface area contributed by atoms with Crippen molar-refractivity contribution in [3.05, 3.63) is 52.6 Å². The Kier molecular flexibility index (Phi) is 6.55. The van der Waals surface area contributed by atoms with E-state index in [1.165, 1.54) is 0 Å². The lowest BCUT2D eigenvalue weighted by atomic mass is 10.1. The van der Waals surface area contributed by atoms with Gasteiger partial charge in [-0.3, -0.25) is 4.79 Å². The molecule has 0 fully saturated rings. The number of halogens is 1. The zero-order valence-electron chi connectivity index (χ0n) is 13.3. The van der Waals surface area contributed by atoms with Crippen LogP contribution in [0.1, 0.15) is 5.56 Å². The fourth-order valence-electron chi connectivity index (χ4n) is 2.00. The van der Waals surface area contributed by atoms with E-state index in [1.807, 2.05) is 44.4 Å². The van der Waals surface area contributed by atoms with Crippen molar-refractivity contribution in [2.75, 3.05) is 37.8 Å². The summed E-state index contributed by atoms with van der Waals surface area (Å²) >= 11 is 3.45. The summed E-state index contributed by atoms with van der Waals surface area (Å²) in [6.45, 7) is 1.80. The monoisotopic (exact) mass is 376 g/mol. The second kappa shape index (κ2) is 8.64. The topological polar surface area (TPSA) is 57.3 Å². The summed E-state index contributed by atoms with van der Waals surface area (Å²) in [7, 11) is 4.06. The second-order valence-corrected chi connectivity index (χ2v) is 6.33. The average molecular weight is 377 g/mol. The highest BCUT2D eigenvalue weighted by Gasteiger charge is 2.07. The molecule has 23 heavy (non-hydrogen) atoms. The molecule has 1 amide bonds. The molecular weight excluding hydrogens is 356 g/mol. The Morgan fingerprint density at radius 2 is 2.00 bits per heavy atom. The number of rotatable bonds is 7. The van der Waals surface area contributed by atoms with Gasteiger partial charge in [0.15, 0.2) is 0 Å². The fourth-order valence-corrected chi connectivity index (χ4v) is 2.42. The summed E-state index contributed by atoms with van der Waals surface area (Å²) in [4.78, 5) is 18.4. The molecule has 0 aliphatic heterocycles. The quantitative estimate of drug-likeness (QED) is 0.779. The van der Waals surface area contributed by atoms with Gasteiger partial charge < -0.3 is 15.5 Å². The van der Waals surface area contributed by atoms with E-state index in [9.17, 15) is 4.79 Å². The van der Waals surface area contributed by atoms with Gasteiger partial charge in [0.25, 0.3) is 0 Å². The lowest BCUT2D eigenvalue weighted by Gasteiger charge is -2.11. The summed E-state index contributed by atoms with van der Waals surface area (Å²) in [5, 5.41) is 6.09. The maximum absolute atomic E-state index is 12.1. The number of hydrogen-bond acceptors (Lipinski definition) is 4. The summed E-state index contributed by atoms with van der Waals surface area (Å²) < 4.78 is 0.934. The molecule has 0 unspecified atom stereocenters. The molecule has 0 bridgehead atoms. The minimum atomic E-state index is -0.0854. The van der Waals surface area contributed by atoms with Gasteiger partial charge in [-0.1, -0.05) is 34.1 Å². The molecule has 6 heteroatoms. The zero-order valence-corrected chi connectivity index (χ0v) is 14.9. The molecule has 0 radical (unpaired) electrons. The molecule has 2 rings (SSSR count). The van der Waals surface area contributed by atoms with Gasteiger partial charge in [-0.2, -0.15) is 0 Å². The number of carbonyl (C=O) groups excluding carboxylic acids is 1. The van der Waals surface area contributed by atoms with Crippen LogP contribution < -0.4 is 10.6 Å². The number of likely N-dealkylation sites (N-methyl/N-ethyl adjacent to an activating group) is 1. The van der Waals surface area contributed by atoms with E-state index < -0.39 is 0 Å². The first-order valence-corrected chi connectivity index (χ1v) is 8.22. The smallest absolute Gasteiger partial charge is 0.229 e. The molecule has 2 N–H and O–H groups in total. The maximum Gasteiger partial charge on any atom is 0.229 e. The number of carbonyl (C=O) groups is 1. The number of benzene rings is 1. The first kappa shape index (κ1) is 17.4. The van der Waals surface area contributed by atoms with Crippen molar-refractivity contribution in [3.8, 4) is 0 Å². The van der Waals surface area contributed by atoms with E-state index >= 15 is 0 Å². The van der Waals surface area contributed by atoms with Crippen LogP contribution in [0, 0.1) is 0 Å². The Morgan fingerprint density at radius 1 is 1.22 bits per heavy atom. The highest BCUT2D eigenvalue weighted by atomic mass is 79.9. The third-order valence-corrected chi connectivity index (χ3v) is 4.00. The Bertz CT molecular complexity index is 643. The largest absolute Gasteiger partial charge is 0.383 e. The summed E-state index contributed by atoms with van der Waals surface area (Å²) in [6.07, 6.45) is 2.04. The van der Waals surface area contributed by atoms with E-state index in [4.69, 9.17) is 0 Å². The number of nitrogens with zero attached hydrogens (tertiary/aromatic N) is 2. The van der Waals surface area contributed by atoms with Crippen molar-refractivity contribution in [1.29, 1.82) is 0 Å². The van der Waals surface area contributed by atoms with Crippen LogP contribution in [0.5, 0.6) is 0 Å². The van der Waals surface area contributed by atoms with Crippen LogP contribution in [0.25, 0.3) is 0 Å². The van der Waals surface area contributed by atoms with Gasteiger partial charge in [-0.15, -0.1) is 0 Å². The van der Waals surface area contributed by atoms with Gasteiger partial charge in [0.1, 0.15) is 5.82 Å². The molecule has 2 aromatic rings. The van der Waals surface area contributed by atoms with Crippen molar-refractivity contribution in [3.63, 3.8) is 0 Å². The SMILES string of the molecule is CN(C)CCNc1ccc(NC(=O)Cc2ccccc2Br)nc1. The molecule has 0 saturated carbocycles. The van der Waals surface area contributed by atoms with Crippen LogP contribution in [-0.2, 0) is 11.2 Å². The van der Waals surface area contributed by atoms with E-state index in [2.05, 4.69) is 36.4 Å². The number of aromatic nitrogens is 1. The molecular formula is C17H21BrN4O. The molecule has 1 aromatic heterocycles. The second-order valence-electron chi connectivity index (χ2n) is 5.48. The summed E-state index contributed by atoms with van der Waals surface area (Å²) in [5.41, 5.74) is 1.89. The number of pyridine rings is 1. The van der Waals surface area contributed by atoms with E-state index in [0.29, 0.717) is 12.2 Å². The highest BCUT2D eigenvalue weighted by Crippen LogP contribution is 2.17. The Balaban J connectivity index is 1.85. The van der Waals surface area contributed by atoms with Gasteiger partial charge in [0.05, 0.1) is 18.3 Å². The van der Waals surface area contributed by atoms with Crippen LogP contribution in [0.15, 0.2) is 47.1 Å². The lowest BCUT2D eigenvalue weighted by molar-refractivity contribution is -0.115. The van der Waals surface area contributed by atoms with Crippen molar-refractivity contribution in [2.24, 2.45) is 0 Å². The van der Waals surface area contributed by atoms with Gasteiger partial charge in [0.2, 0.25) is 5.91 Å². The van der Waals surface area contributed by atoms with Crippen molar-refractivity contribution in [2.45, 2.75) is 6.42 Å². The maximum atomic E-state index is 12.1. The number of amides is 1. The van der Waals surface area contributed by atoms with Crippen molar-refractivity contribution < 1.29 is 4.79 Å². The van der Waals surface area contributed by atoms with E-state index in [0.717, 1.165) is 28.8 Å². The van der Waals surface area contributed by atoms with Gasteiger partial charge in [-0.05, 0) is 37.9 Å². The first-order chi connectivity index (χ1) is 11.0. The first-order valence-electron chi connectivity index (χ1n) is 7.42. The third kappa shape index (κ3) is 6.00. The number of anilines is 2. The zero-order chi connectivity index (χ0) is 16.7. The minimum Gasteiger partial charge on any atom is -0.383 e. The van der Waals surface area contributed by atoms with Crippen LogP contribution >= 0.6 is 15.9 Å². The predicted octanol–water partition coefficient (Wildman–Crippen LogP) is 3.00. The number of nitrogens with one attached hydrogen (secondary N) is 2. The van der Waals surface area contributed by atoms with Gasteiger partial charge >= 0.3 is 0 Å². The predicted molar refractivity (Wildman–Crippen MR) is 97.8 cm³/mol. The number of hydrogen-bond donors (Lipinski definition) is 2. The van der Waals surface area contributed by atoms with Crippen LogP contribution in [0.3, 0.4) is 0 Å². The molecule has 1 aromatic carbocycles. The molecule has 0 atom stereocenters. The standard InChI is InChI=1S/C17H21BrN4O/c1-22(2)10-9-19-14-7-8-16(20-12-14)21-17(23)11-13-5-3-4-6-15(13)18/h3-8,12,19H,9-11H2,1-2H3,(H,20,21,23). The van der Waals surface area contributed by atoms with E-state index in [-0.39, 0.29) is 5.91 Å². The highest BCUT2D eigenvalue weighted by molar-refractivity contribution is 9.10. The van der Waals surface area contributed by atoms with Crippen molar-refractivity contribution >= 4 is 33.3 Å². The minimum absolute atomic E-state index is 0.0854. The molecule has 0 aliphatic rings. The summed E-state index contributed by atoms with van der Waals surface area (Å²) in [5.74, 6) is 0.470. The van der Waals surface area contributed by atoms with Gasteiger partial charge in [-0.25, -0.2) is 4.98 Å². The summed E-state index contributed by atoms with van der Waals surface area (Å²) in [6, 6.07) is 11.4. The molecule has 0 spiro atoms. The van der Waals surface area contributed by atoms with Gasteiger partial charge in [0, 0.05) is 17.6 Å². The molecule has 1 heterocycles. The van der Waals surface area contributed by atoms with Crippen LogP contribution in [0.4, 0.5) is 11.5 Å². The average Bonchev–Trinajstić information content (AvgIpc) is 2.51.